The maximum absolute atomic E-state index is 10.3. The van der Waals surface area contributed by atoms with Crippen LogP contribution in [-0.2, 0) is 4.79 Å². The first kappa shape index (κ1) is 12.4. The molecule has 0 rings (SSSR count). The summed E-state index contributed by atoms with van der Waals surface area (Å²) in [6, 6.07) is -0.170. The molecule has 0 amide bonds. The van der Waals surface area contributed by atoms with Crippen LogP contribution >= 0.6 is 0 Å². The standard InChI is InChI=1S/C10H21NO2/c1-3-4-8(2)5-6-9(11)7-10(12)13/h8-9H,3-7,11H2,1-2H3,(H,12,13)/t8-,9-/m0/s1. The highest BCUT2D eigenvalue weighted by atomic mass is 16.4. The fraction of sp³-hybridized carbons (Fsp3) is 0.900. The zero-order valence-corrected chi connectivity index (χ0v) is 8.62. The third-order valence-electron chi connectivity index (χ3n) is 2.25. The lowest BCUT2D eigenvalue weighted by molar-refractivity contribution is -0.137. The van der Waals surface area contributed by atoms with Gasteiger partial charge in [-0.25, -0.2) is 0 Å². The van der Waals surface area contributed by atoms with Crippen molar-refractivity contribution in [3.63, 3.8) is 0 Å². The Labute approximate surface area is 80.3 Å². The van der Waals surface area contributed by atoms with Crippen LogP contribution in [0.4, 0.5) is 0 Å². The van der Waals surface area contributed by atoms with Crippen LogP contribution in [0.1, 0.15) is 46.0 Å². The topological polar surface area (TPSA) is 63.3 Å². The van der Waals surface area contributed by atoms with Gasteiger partial charge in [0.15, 0.2) is 0 Å². The second-order valence-corrected chi connectivity index (χ2v) is 3.83. The summed E-state index contributed by atoms with van der Waals surface area (Å²) in [5, 5.41) is 8.47. The normalized spacial score (nSPS) is 15.3. The maximum Gasteiger partial charge on any atom is 0.304 e. The smallest absolute Gasteiger partial charge is 0.304 e. The summed E-state index contributed by atoms with van der Waals surface area (Å²) in [5.41, 5.74) is 5.64. The number of rotatable bonds is 7. The summed E-state index contributed by atoms with van der Waals surface area (Å²) in [6.45, 7) is 4.35. The van der Waals surface area contributed by atoms with Crippen LogP contribution in [-0.4, -0.2) is 17.1 Å². The summed E-state index contributed by atoms with van der Waals surface area (Å²) in [7, 11) is 0. The summed E-state index contributed by atoms with van der Waals surface area (Å²) < 4.78 is 0. The molecular formula is C10H21NO2. The zero-order chi connectivity index (χ0) is 10.3. The Morgan fingerprint density at radius 1 is 1.38 bits per heavy atom. The third-order valence-corrected chi connectivity index (χ3v) is 2.25. The van der Waals surface area contributed by atoms with E-state index >= 15 is 0 Å². The Morgan fingerprint density at radius 3 is 2.46 bits per heavy atom. The molecule has 0 aromatic heterocycles. The zero-order valence-electron chi connectivity index (χ0n) is 8.62. The predicted molar refractivity (Wildman–Crippen MR) is 53.5 cm³/mol. The molecule has 0 unspecified atom stereocenters. The monoisotopic (exact) mass is 187 g/mol. The summed E-state index contributed by atoms with van der Waals surface area (Å²) >= 11 is 0. The Hall–Kier alpha value is -0.570. The molecule has 0 fully saturated rings. The van der Waals surface area contributed by atoms with Gasteiger partial charge in [-0.3, -0.25) is 4.79 Å². The molecule has 3 N–H and O–H groups in total. The van der Waals surface area contributed by atoms with Crippen molar-refractivity contribution in [1.29, 1.82) is 0 Å². The first-order chi connectivity index (χ1) is 6.06. The molecule has 0 heterocycles. The highest BCUT2D eigenvalue weighted by molar-refractivity contribution is 5.67. The molecule has 0 aromatic carbocycles. The molecule has 0 aliphatic rings. The van der Waals surface area contributed by atoms with Gasteiger partial charge in [0.25, 0.3) is 0 Å². The van der Waals surface area contributed by atoms with Gasteiger partial charge in [0, 0.05) is 6.04 Å². The van der Waals surface area contributed by atoms with E-state index in [1.165, 1.54) is 12.8 Å². The van der Waals surface area contributed by atoms with Gasteiger partial charge in [-0.1, -0.05) is 26.7 Å². The molecule has 0 aliphatic carbocycles. The van der Waals surface area contributed by atoms with E-state index in [-0.39, 0.29) is 12.5 Å². The van der Waals surface area contributed by atoms with Gasteiger partial charge >= 0.3 is 5.97 Å². The number of carboxylic acid groups (broad SMARTS) is 1. The molecule has 0 aromatic rings. The van der Waals surface area contributed by atoms with Crippen LogP contribution in [0, 0.1) is 5.92 Å². The van der Waals surface area contributed by atoms with Gasteiger partial charge in [0.05, 0.1) is 6.42 Å². The van der Waals surface area contributed by atoms with Crippen molar-refractivity contribution >= 4 is 5.97 Å². The van der Waals surface area contributed by atoms with Crippen molar-refractivity contribution < 1.29 is 9.90 Å². The number of carboxylic acids is 1. The molecule has 3 heteroatoms. The average molecular weight is 187 g/mol. The van der Waals surface area contributed by atoms with Crippen molar-refractivity contribution in [2.24, 2.45) is 11.7 Å². The molecule has 13 heavy (non-hydrogen) atoms. The maximum atomic E-state index is 10.3. The van der Waals surface area contributed by atoms with Gasteiger partial charge in [-0.15, -0.1) is 0 Å². The number of nitrogens with two attached hydrogens (primary N) is 1. The van der Waals surface area contributed by atoms with Gasteiger partial charge in [-0.2, -0.15) is 0 Å². The van der Waals surface area contributed by atoms with E-state index in [4.69, 9.17) is 10.8 Å². The molecule has 78 valence electrons. The quantitative estimate of drug-likeness (QED) is 0.640. The van der Waals surface area contributed by atoms with E-state index in [0.29, 0.717) is 5.92 Å². The molecule has 0 saturated heterocycles. The van der Waals surface area contributed by atoms with Gasteiger partial charge in [-0.05, 0) is 18.8 Å². The Morgan fingerprint density at radius 2 is 2.00 bits per heavy atom. The lowest BCUT2D eigenvalue weighted by atomic mass is 9.97. The number of carbonyl (C=O) groups is 1. The van der Waals surface area contributed by atoms with Crippen LogP contribution in [0.5, 0.6) is 0 Å². The summed E-state index contributed by atoms with van der Waals surface area (Å²) in [4.78, 5) is 10.3. The molecule has 0 aliphatic heterocycles. The second kappa shape index (κ2) is 6.89. The fourth-order valence-electron chi connectivity index (χ4n) is 1.46. The fourth-order valence-corrected chi connectivity index (χ4v) is 1.46. The van der Waals surface area contributed by atoms with Crippen LogP contribution < -0.4 is 5.73 Å². The van der Waals surface area contributed by atoms with Gasteiger partial charge in [0.2, 0.25) is 0 Å². The lowest BCUT2D eigenvalue weighted by Crippen LogP contribution is -2.24. The summed E-state index contributed by atoms with van der Waals surface area (Å²) in [6.07, 6.45) is 4.36. The van der Waals surface area contributed by atoms with E-state index < -0.39 is 5.97 Å². The van der Waals surface area contributed by atoms with E-state index in [0.717, 1.165) is 12.8 Å². The third kappa shape index (κ3) is 7.78. The first-order valence-corrected chi connectivity index (χ1v) is 5.03. The number of hydrogen-bond acceptors (Lipinski definition) is 2. The lowest BCUT2D eigenvalue weighted by Gasteiger charge is -2.13. The molecule has 0 spiro atoms. The van der Waals surface area contributed by atoms with Crippen LogP contribution in [0.3, 0.4) is 0 Å². The van der Waals surface area contributed by atoms with Crippen LogP contribution in [0.15, 0.2) is 0 Å². The highest BCUT2D eigenvalue weighted by Crippen LogP contribution is 2.13. The van der Waals surface area contributed by atoms with Crippen molar-refractivity contribution in [2.75, 3.05) is 0 Å². The molecule has 3 nitrogen and oxygen atoms in total. The van der Waals surface area contributed by atoms with E-state index in [1.54, 1.807) is 0 Å². The van der Waals surface area contributed by atoms with E-state index in [1.807, 2.05) is 0 Å². The average Bonchev–Trinajstić information content (AvgIpc) is 2.00. The van der Waals surface area contributed by atoms with Crippen molar-refractivity contribution in [2.45, 2.75) is 52.0 Å². The summed E-state index contributed by atoms with van der Waals surface area (Å²) in [5.74, 6) is -0.125. The number of hydrogen-bond donors (Lipinski definition) is 2. The van der Waals surface area contributed by atoms with E-state index in [2.05, 4.69) is 13.8 Å². The van der Waals surface area contributed by atoms with Gasteiger partial charge in [0.1, 0.15) is 0 Å². The number of aliphatic carboxylic acids is 1. The van der Waals surface area contributed by atoms with Crippen molar-refractivity contribution in [3.05, 3.63) is 0 Å². The van der Waals surface area contributed by atoms with Gasteiger partial charge < -0.3 is 10.8 Å². The molecular weight excluding hydrogens is 166 g/mol. The molecule has 0 bridgehead atoms. The Bertz CT molecular complexity index is 148. The van der Waals surface area contributed by atoms with Crippen LogP contribution in [0.25, 0.3) is 0 Å². The minimum atomic E-state index is -0.796. The Kier molecular flexibility index (Phi) is 6.59. The molecule has 0 radical (unpaired) electrons. The minimum Gasteiger partial charge on any atom is -0.481 e. The highest BCUT2D eigenvalue weighted by Gasteiger charge is 2.09. The largest absolute Gasteiger partial charge is 0.481 e. The second-order valence-electron chi connectivity index (χ2n) is 3.83. The molecule has 0 saturated carbocycles. The SMILES string of the molecule is CCC[C@H](C)CC[C@H](N)CC(=O)O. The Balaban J connectivity index is 3.45. The van der Waals surface area contributed by atoms with Crippen molar-refractivity contribution in [1.82, 2.24) is 0 Å². The first-order valence-electron chi connectivity index (χ1n) is 5.03. The van der Waals surface area contributed by atoms with Crippen LogP contribution in [0.2, 0.25) is 0 Å². The van der Waals surface area contributed by atoms with Crippen molar-refractivity contribution in [3.8, 4) is 0 Å². The minimum absolute atomic E-state index is 0.0961. The predicted octanol–water partition coefficient (Wildman–Crippen LogP) is 2.00. The molecule has 2 atom stereocenters. The van der Waals surface area contributed by atoms with E-state index in [9.17, 15) is 4.79 Å².